The van der Waals surface area contributed by atoms with Gasteiger partial charge in [-0.15, -0.1) is 0 Å². The average Bonchev–Trinajstić information content (AvgIpc) is 3.83. The first-order chi connectivity index (χ1) is 31.3. The summed E-state index contributed by atoms with van der Waals surface area (Å²) in [6.45, 7) is 0. The first-order valence-corrected chi connectivity index (χ1v) is 22.0. The van der Waals surface area contributed by atoms with Gasteiger partial charge in [0.15, 0.2) is 0 Å². The van der Waals surface area contributed by atoms with E-state index in [-0.39, 0.29) is 0 Å². The standard InChI is InChI=1S/C61H44N2/c1-5-19-43(20-6-1)45-33-37-49(38-34-45)62(50-39-35-46(36-40-50)44-21-7-2-8-22-44)51-41-58-60(59(42-51)63(47-23-9-3-10-24-47)48-25-11-4-12-26-48)54-29-15-18-32-57(54)61(58)55-30-16-13-27-52(55)53-28-14-17-31-56(53)61/h1-21,23-42,44H,22H2. The van der Waals surface area contributed by atoms with Gasteiger partial charge in [0.05, 0.1) is 11.1 Å². The van der Waals surface area contributed by atoms with Crippen molar-refractivity contribution in [3.63, 3.8) is 0 Å². The number of hydrogen-bond donors (Lipinski definition) is 0. The summed E-state index contributed by atoms with van der Waals surface area (Å²) in [7, 11) is 0. The SMILES string of the molecule is C1=CCC(c2ccc(N(c3ccc(-c4ccccc4)cc3)c3cc(N(c4ccccc4)c4ccccc4)c4c(c3)C3(c5ccccc5-c5ccccc53)c3ccccc3-4)cc2)C=C1. The van der Waals surface area contributed by atoms with Crippen LogP contribution in [0.25, 0.3) is 33.4 Å². The zero-order chi connectivity index (χ0) is 41.7. The molecule has 2 nitrogen and oxygen atoms in total. The Kier molecular flexibility index (Phi) is 8.90. The molecule has 63 heavy (non-hydrogen) atoms. The van der Waals surface area contributed by atoms with Crippen LogP contribution >= 0.6 is 0 Å². The first-order valence-electron chi connectivity index (χ1n) is 22.0. The van der Waals surface area contributed by atoms with Crippen molar-refractivity contribution in [2.45, 2.75) is 17.8 Å². The number of hydrogen-bond acceptors (Lipinski definition) is 2. The van der Waals surface area contributed by atoms with Crippen LogP contribution in [0, 0.1) is 0 Å². The molecule has 0 saturated heterocycles. The van der Waals surface area contributed by atoms with E-state index >= 15 is 0 Å². The van der Waals surface area contributed by atoms with Crippen molar-refractivity contribution >= 4 is 34.1 Å². The molecule has 1 unspecified atom stereocenters. The molecule has 0 fully saturated rings. The molecule has 298 valence electrons. The molecule has 1 spiro atoms. The van der Waals surface area contributed by atoms with Crippen LogP contribution in [0.3, 0.4) is 0 Å². The van der Waals surface area contributed by atoms with Crippen molar-refractivity contribution in [2.24, 2.45) is 0 Å². The third-order valence-electron chi connectivity index (χ3n) is 13.4. The van der Waals surface area contributed by atoms with E-state index in [1.807, 2.05) is 0 Å². The monoisotopic (exact) mass is 804 g/mol. The van der Waals surface area contributed by atoms with Crippen molar-refractivity contribution in [1.29, 1.82) is 0 Å². The normalized spacial score (nSPS) is 14.8. The van der Waals surface area contributed by atoms with Gasteiger partial charge in [-0.3, -0.25) is 0 Å². The predicted molar refractivity (Wildman–Crippen MR) is 263 cm³/mol. The summed E-state index contributed by atoms with van der Waals surface area (Å²) >= 11 is 0. The molecular formula is C61H44N2. The molecule has 0 radical (unpaired) electrons. The average molecular weight is 805 g/mol. The molecule has 0 aromatic heterocycles. The summed E-state index contributed by atoms with van der Waals surface area (Å²) in [6.07, 6.45) is 9.92. The van der Waals surface area contributed by atoms with Crippen LogP contribution < -0.4 is 9.80 Å². The Morgan fingerprint density at radius 3 is 1.41 bits per heavy atom. The second-order valence-corrected chi connectivity index (χ2v) is 16.8. The third kappa shape index (κ3) is 5.94. The second-order valence-electron chi connectivity index (χ2n) is 16.8. The summed E-state index contributed by atoms with van der Waals surface area (Å²) in [5.74, 6) is 0.362. The van der Waals surface area contributed by atoms with Crippen LogP contribution in [0.4, 0.5) is 34.1 Å². The number of nitrogens with zero attached hydrogens (tertiary/aromatic N) is 2. The van der Waals surface area contributed by atoms with Gasteiger partial charge in [-0.1, -0.05) is 188 Å². The second kappa shape index (κ2) is 15.2. The van der Waals surface area contributed by atoms with Crippen molar-refractivity contribution in [1.82, 2.24) is 0 Å². The topological polar surface area (TPSA) is 6.48 Å². The van der Waals surface area contributed by atoms with Crippen LogP contribution in [0.5, 0.6) is 0 Å². The van der Waals surface area contributed by atoms with E-state index in [4.69, 9.17) is 0 Å². The fraction of sp³-hybridized carbons (Fsp3) is 0.0492. The van der Waals surface area contributed by atoms with Gasteiger partial charge in [-0.2, -0.15) is 0 Å². The van der Waals surface area contributed by atoms with E-state index in [0.29, 0.717) is 5.92 Å². The zero-order valence-corrected chi connectivity index (χ0v) is 34.9. The third-order valence-corrected chi connectivity index (χ3v) is 13.4. The van der Waals surface area contributed by atoms with Gasteiger partial charge in [-0.25, -0.2) is 0 Å². The van der Waals surface area contributed by atoms with E-state index < -0.39 is 5.41 Å². The smallest absolute Gasteiger partial charge is 0.0727 e. The lowest BCUT2D eigenvalue weighted by Gasteiger charge is -2.34. The Hall–Kier alpha value is -7.94. The van der Waals surface area contributed by atoms with E-state index in [1.54, 1.807) is 0 Å². The number of fused-ring (bicyclic) bond motifs is 10. The minimum atomic E-state index is -0.545. The van der Waals surface area contributed by atoms with E-state index in [2.05, 4.69) is 259 Å². The van der Waals surface area contributed by atoms with Gasteiger partial charge in [0.2, 0.25) is 0 Å². The van der Waals surface area contributed by atoms with E-state index in [0.717, 1.165) is 40.5 Å². The number of allylic oxidation sites excluding steroid dienone is 4. The molecule has 12 rings (SSSR count). The summed E-state index contributed by atoms with van der Waals surface area (Å²) in [5, 5.41) is 0. The number of para-hydroxylation sites is 2. The van der Waals surface area contributed by atoms with Crippen molar-refractivity contribution in [3.8, 4) is 33.4 Å². The lowest BCUT2D eigenvalue weighted by Crippen LogP contribution is -2.26. The zero-order valence-electron chi connectivity index (χ0n) is 34.9. The molecule has 2 heteroatoms. The maximum Gasteiger partial charge on any atom is 0.0727 e. The Morgan fingerprint density at radius 1 is 0.365 bits per heavy atom. The van der Waals surface area contributed by atoms with Gasteiger partial charge in [0.1, 0.15) is 0 Å². The highest BCUT2D eigenvalue weighted by molar-refractivity contribution is 6.03. The summed E-state index contributed by atoms with van der Waals surface area (Å²) in [4.78, 5) is 4.93. The Balaban J connectivity index is 1.17. The molecule has 0 saturated carbocycles. The maximum absolute atomic E-state index is 2.51. The fourth-order valence-electron chi connectivity index (χ4n) is 10.6. The van der Waals surface area contributed by atoms with E-state index in [9.17, 15) is 0 Å². The quantitative estimate of drug-likeness (QED) is 0.151. The minimum Gasteiger partial charge on any atom is -0.310 e. The van der Waals surface area contributed by atoms with Crippen LogP contribution in [0.15, 0.2) is 249 Å². The van der Waals surface area contributed by atoms with Gasteiger partial charge in [0, 0.05) is 39.9 Å². The summed E-state index contributed by atoms with van der Waals surface area (Å²) in [5.41, 5.74) is 20.1. The number of benzene rings is 9. The molecule has 0 heterocycles. The van der Waals surface area contributed by atoms with Crippen molar-refractivity contribution < 1.29 is 0 Å². The first kappa shape index (κ1) is 36.9. The molecule has 1 atom stereocenters. The maximum atomic E-state index is 2.51. The van der Waals surface area contributed by atoms with Crippen molar-refractivity contribution in [3.05, 3.63) is 277 Å². The van der Waals surface area contributed by atoms with E-state index in [1.165, 1.54) is 61.2 Å². The number of rotatable bonds is 8. The lowest BCUT2D eigenvalue weighted by atomic mass is 9.70. The molecule has 0 bridgehead atoms. The summed E-state index contributed by atoms with van der Waals surface area (Å²) in [6, 6.07) is 83.1. The molecular weight excluding hydrogens is 761 g/mol. The fourth-order valence-corrected chi connectivity index (χ4v) is 10.6. The molecule has 0 amide bonds. The van der Waals surface area contributed by atoms with Gasteiger partial charge < -0.3 is 9.80 Å². The summed E-state index contributed by atoms with van der Waals surface area (Å²) < 4.78 is 0. The predicted octanol–water partition coefficient (Wildman–Crippen LogP) is 16.2. The molecule has 0 N–H and O–H groups in total. The highest BCUT2D eigenvalue weighted by Crippen LogP contribution is 2.65. The van der Waals surface area contributed by atoms with Gasteiger partial charge in [-0.05, 0) is 123 Å². The Morgan fingerprint density at radius 2 is 0.841 bits per heavy atom. The highest BCUT2D eigenvalue weighted by Gasteiger charge is 2.52. The number of anilines is 6. The largest absolute Gasteiger partial charge is 0.310 e. The van der Waals surface area contributed by atoms with Crippen LogP contribution in [-0.4, -0.2) is 0 Å². The molecule has 3 aliphatic carbocycles. The minimum absolute atomic E-state index is 0.362. The Labute approximate surface area is 370 Å². The molecule has 3 aliphatic rings. The van der Waals surface area contributed by atoms with Crippen LogP contribution in [0.1, 0.15) is 40.2 Å². The van der Waals surface area contributed by atoms with Gasteiger partial charge >= 0.3 is 0 Å². The van der Waals surface area contributed by atoms with Crippen LogP contribution in [0.2, 0.25) is 0 Å². The van der Waals surface area contributed by atoms with Gasteiger partial charge in [0.25, 0.3) is 0 Å². The Bertz CT molecular complexity index is 3100. The molecule has 0 aliphatic heterocycles. The highest BCUT2D eigenvalue weighted by atomic mass is 15.2. The molecule has 9 aromatic carbocycles. The van der Waals surface area contributed by atoms with Crippen molar-refractivity contribution in [2.75, 3.05) is 9.80 Å². The van der Waals surface area contributed by atoms with Crippen LogP contribution in [-0.2, 0) is 5.41 Å². The lowest BCUT2D eigenvalue weighted by molar-refractivity contribution is 0.793. The molecule has 9 aromatic rings.